The molecule has 1 atom stereocenters. The van der Waals surface area contributed by atoms with Gasteiger partial charge in [-0.15, -0.1) is 0 Å². The van der Waals surface area contributed by atoms with Gasteiger partial charge in [-0.2, -0.15) is 4.98 Å². The standard InChI is InChI=1S/C14H16N2O5/c1-3-9(2)15-13(18)21-12(17)8-19-14-16-10-6-4-5-7-11(10)20-14/h4-7,9H,3,8H2,1-2H3,(H,15,18). The number of carbonyl (C=O) groups excluding carboxylic acids is 2. The number of fused-ring (bicyclic) bond motifs is 1. The van der Waals surface area contributed by atoms with Crippen LogP contribution in [0.15, 0.2) is 28.7 Å². The lowest BCUT2D eigenvalue weighted by atomic mass is 10.3. The van der Waals surface area contributed by atoms with Crippen LogP contribution in [0.4, 0.5) is 4.79 Å². The molecule has 1 N–H and O–H groups in total. The largest absolute Gasteiger partial charge is 0.438 e. The zero-order valence-electron chi connectivity index (χ0n) is 11.8. The second-order valence-corrected chi connectivity index (χ2v) is 4.45. The highest BCUT2D eigenvalue weighted by molar-refractivity contribution is 5.85. The van der Waals surface area contributed by atoms with E-state index in [9.17, 15) is 9.59 Å². The molecule has 0 aliphatic carbocycles. The van der Waals surface area contributed by atoms with Gasteiger partial charge in [-0.25, -0.2) is 9.59 Å². The van der Waals surface area contributed by atoms with E-state index in [4.69, 9.17) is 9.15 Å². The van der Waals surface area contributed by atoms with Crippen LogP contribution in [0.1, 0.15) is 20.3 Å². The van der Waals surface area contributed by atoms with Crippen molar-refractivity contribution < 1.29 is 23.5 Å². The summed E-state index contributed by atoms with van der Waals surface area (Å²) in [5.74, 6) is -0.821. The van der Waals surface area contributed by atoms with Gasteiger partial charge in [-0.1, -0.05) is 19.1 Å². The Hall–Kier alpha value is -2.57. The number of amides is 1. The molecule has 2 rings (SSSR count). The van der Waals surface area contributed by atoms with Crippen molar-refractivity contribution in [2.24, 2.45) is 0 Å². The van der Waals surface area contributed by atoms with Gasteiger partial charge in [0.25, 0.3) is 0 Å². The van der Waals surface area contributed by atoms with E-state index in [-0.39, 0.29) is 12.1 Å². The molecule has 21 heavy (non-hydrogen) atoms. The molecular weight excluding hydrogens is 276 g/mol. The zero-order chi connectivity index (χ0) is 15.2. The second kappa shape index (κ2) is 6.74. The van der Waals surface area contributed by atoms with Gasteiger partial charge in [0.15, 0.2) is 12.2 Å². The fourth-order valence-electron chi connectivity index (χ4n) is 1.50. The number of aromatic nitrogens is 1. The average molecular weight is 292 g/mol. The number of alkyl carbamates (subject to hydrolysis) is 1. The highest BCUT2D eigenvalue weighted by Crippen LogP contribution is 2.19. The van der Waals surface area contributed by atoms with Crippen LogP contribution in [0.25, 0.3) is 11.1 Å². The summed E-state index contributed by atoms with van der Waals surface area (Å²) in [6.07, 6.45) is -0.103. The first-order valence-corrected chi connectivity index (χ1v) is 6.58. The highest BCUT2D eigenvalue weighted by atomic mass is 16.6. The van der Waals surface area contributed by atoms with Crippen LogP contribution in [0, 0.1) is 0 Å². The maximum atomic E-state index is 11.4. The van der Waals surface area contributed by atoms with Crippen LogP contribution < -0.4 is 10.1 Å². The number of hydrogen-bond donors (Lipinski definition) is 1. The lowest BCUT2D eigenvalue weighted by Gasteiger charge is -2.10. The number of oxazole rings is 1. The number of benzene rings is 1. The summed E-state index contributed by atoms with van der Waals surface area (Å²) in [4.78, 5) is 26.8. The molecule has 7 heteroatoms. The van der Waals surface area contributed by atoms with Crippen molar-refractivity contribution >= 4 is 23.2 Å². The predicted octanol–water partition coefficient (Wildman–Crippen LogP) is 2.26. The average Bonchev–Trinajstić information content (AvgIpc) is 2.87. The molecule has 0 saturated carbocycles. The summed E-state index contributed by atoms with van der Waals surface area (Å²) in [5, 5.41) is 2.50. The van der Waals surface area contributed by atoms with Gasteiger partial charge in [0.2, 0.25) is 0 Å². The van der Waals surface area contributed by atoms with Crippen LogP contribution in [0.3, 0.4) is 0 Å². The molecule has 1 heterocycles. The van der Waals surface area contributed by atoms with Gasteiger partial charge in [0.05, 0.1) is 0 Å². The third-order valence-electron chi connectivity index (χ3n) is 2.77. The molecule has 0 bridgehead atoms. The minimum absolute atomic E-state index is 0.0458. The van der Waals surface area contributed by atoms with E-state index < -0.39 is 18.7 Å². The van der Waals surface area contributed by atoms with Gasteiger partial charge < -0.3 is 19.2 Å². The third-order valence-corrected chi connectivity index (χ3v) is 2.77. The Morgan fingerprint density at radius 2 is 2.14 bits per heavy atom. The number of rotatable bonds is 5. The first kappa shape index (κ1) is 14.8. The van der Waals surface area contributed by atoms with Crippen LogP contribution in [-0.4, -0.2) is 29.7 Å². The number of nitrogens with one attached hydrogen (secondary N) is 1. The van der Waals surface area contributed by atoms with Gasteiger partial charge in [-0.05, 0) is 25.5 Å². The van der Waals surface area contributed by atoms with E-state index in [1.807, 2.05) is 13.0 Å². The van der Waals surface area contributed by atoms with E-state index >= 15 is 0 Å². The van der Waals surface area contributed by atoms with Crippen molar-refractivity contribution in [3.05, 3.63) is 24.3 Å². The Balaban J connectivity index is 1.82. The number of para-hydroxylation sites is 2. The number of carbonyl (C=O) groups is 2. The normalized spacial score (nSPS) is 11.9. The summed E-state index contributed by atoms with van der Waals surface area (Å²) in [6, 6.07) is 7.02. The number of esters is 1. The van der Waals surface area contributed by atoms with Gasteiger partial charge in [-0.3, -0.25) is 0 Å². The second-order valence-electron chi connectivity index (χ2n) is 4.45. The van der Waals surface area contributed by atoms with Crippen molar-refractivity contribution in [2.75, 3.05) is 6.61 Å². The van der Waals surface area contributed by atoms with Gasteiger partial charge in [0.1, 0.15) is 5.52 Å². The third kappa shape index (κ3) is 4.20. The quantitative estimate of drug-likeness (QED) is 0.671. The monoisotopic (exact) mass is 292 g/mol. The van der Waals surface area contributed by atoms with Gasteiger partial charge >= 0.3 is 18.1 Å². The molecule has 0 spiro atoms. The number of ether oxygens (including phenoxy) is 2. The molecule has 1 aromatic heterocycles. The minimum Gasteiger partial charge on any atom is -0.438 e. The minimum atomic E-state index is -0.821. The summed E-state index contributed by atoms with van der Waals surface area (Å²) in [5.41, 5.74) is 1.17. The maximum absolute atomic E-state index is 11.4. The van der Waals surface area contributed by atoms with Crippen LogP contribution >= 0.6 is 0 Å². The van der Waals surface area contributed by atoms with Crippen molar-refractivity contribution in [1.82, 2.24) is 10.3 Å². The fourth-order valence-corrected chi connectivity index (χ4v) is 1.50. The Labute approximate surface area is 121 Å². The van der Waals surface area contributed by atoms with Crippen molar-refractivity contribution in [3.8, 4) is 6.08 Å². The van der Waals surface area contributed by atoms with E-state index in [2.05, 4.69) is 15.0 Å². The summed E-state index contributed by atoms with van der Waals surface area (Å²) in [7, 11) is 0. The van der Waals surface area contributed by atoms with Crippen LogP contribution in [0.2, 0.25) is 0 Å². The van der Waals surface area contributed by atoms with Crippen LogP contribution in [-0.2, 0) is 9.53 Å². The highest BCUT2D eigenvalue weighted by Gasteiger charge is 2.14. The molecule has 0 aliphatic heterocycles. The summed E-state index contributed by atoms with van der Waals surface area (Å²) in [6.45, 7) is 3.25. The van der Waals surface area contributed by atoms with Gasteiger partial charge in [0, 0.05) is 6.04 Å². The topological polar surface area (TPSA) is 90.7 Å². The first-order chi connectivity index (χ1) is 10.1. The molecule has 112 valence electrons. The molecule has 0 fully saturated rings. The SMILES string of the molecule is CCC(C)NC(=O)OC(=O)COc1nc2ccccc2o1. The van der Waals surface area contributed by atoms with Crippen LogP contribution in [0.5, 0.6) is 6.08 Å². The molecule has 7 nitrogen and oxygen atoms in total. The smallest absolute Gasteiger partial charge is 0.415 e. The van der Waals surface area contributed by atoms with E-state index in [0.717, 1.165) is 6.42 Å². The lowest BCUT2D eigenvalue weighted by molar-refractivity contribution is -0.140. The summed E-state index contributed by atoms with van der Waals surface area (Å²) >= 11 is 0. The Morgan fingerprint density at radius 3 is 2.86 bits per heavy atom. The van der Waals surface area contributed by atoms with E-state index in [1.54, 1.807) is 25.1 Å². The van der Waals surface area contributed by atoms with E-state index in [0.29, 0.717) is 11.1 Å². The number of hydrogen-bond acceptors (Lipinski definition) is 6. The Kier molecular flexibility index (Phi) is 4.76. The molecule has 1 unspecified atom stereocenters. The van der Waals surface area contributed by atoms with Crippen molar-refractivity contribution in [2.45, 2.75) is 26.3 Å². The first-order valence-electron chi connectivity index (χ1n) is 6.58. The Bertz CT molecular complexity index is 604. The maximum Gasteiger partial charge on any atom is 0.415 e. The molecule has 0 aliphatic rings. The summed E-state index contributed by atoms with van der Waals surface area (Å²) < 4.78 is 14.9. The molecular formula is C14H16N2O5. The zero-order valence-corrected chi connectivity index (χ0v) is 11.8. The molecule has 1 aromatic carbocycles. The number of nitrogens with zero attached hydrogens (tertiary/aromatic N) is 1. The fraction of sp³-hybridized carbons (Fsp3) is 0.357. The van der Waals surface area contributed by atoms with Crippen molar-refractivity contribution in [3.63, 3.8) is 0 Å². The molecule has 2 aromatic rings. The molecule has 0 saturated heterocycles. The van der Waals surface area contributed by atoms with E-state index in [1.165, 1.54) is 0 Å². The predicted molar refractivity (Wildman–Crippen MR) is 73.9 cm³/mol. The lowest BCUT2D eigenvalue weighted by Crippen LogP contribution is -2.35. The molecule has 1 amide bonds. The van der Waals surface area contributed by atoms with Crippen molar-refractivity contribution in [1.29, 1.82) is 0 Å². The Morgan fingerprint density at radius 1 is 1.38 bits per heavy atom. The molecule has 0 radical (unpaired) electrons.